The lowest BCUT2D eigenvalue weighted by Gasteiger charge is -2.09. The highest BCUT2D eigenvalue weighted by Gasteiger charge is 2.09. The molecule has 0 spiro atoms. The molecule has 0 aliphatic heterocycles. The molecule has 0 aromatic heterocycles. The molecular formula is C23H28N4O6. The van der Waals surface area contributed by atoms with Crippen molar-refractivity contribution in [1.82, 2.24) is 10.9 Å². The van der Waals surface area contributed by atoms with Gasteiger partial charge in [0.05, 0.1) is 40.9 Å². The number of methoxy groups -OCH3 is 4. The first-order chi connectivity index (χ1) is 16.0. The lowest BCUT2D eigenvalue weighted by molar-refractivity contribution is -0.122. The molecule has 2 N–H and O–H groups in total. The van der Waals surface area contributed by atoms with E-state index in [4.69, 9.17) is 18.9 Å². The minimum atomic E-state index is -0.314. The molecule has 0 unspecified atom stereocenters. The van der Waals surface area contributed by atoms with Gasteiger partial charge in [0.15, 0.2) is 23.0 Å². The van der Waals surface area contributed by atoms with Gasteiger partial charge in [-0.3, -0.25) is 9.59 Å². The Hall–Kier alpha value is -4.08. The summed E-state index contributed by atoms with van der Waals surface area (Å²) in [5.41, 5.74) is 6.17. The number of hydrogen-bond acceptors (Lipinski definition) is 8. The summed E-state index contributed by atoms with van der Waals surface area (Å²) in [6.45, 7) is 0. The Labute approximate surface area is 192 Å². The lowest BCUT2D eigenvalue weighted by atomic mass is 10.2. The van der Waals surface area contributed by atoms with E-state index >= 15 is 0 Å². The number of benzene rings is 2. The van der Waals surface area contributed by atoms with Crippen LogP contribution in [0.1, 0.15) is 30.4 Å². The Morgan fingerprint density at radius 3 is 1.52 bits per heavy atom. The largest absolute Gasteiger partial charge is 0.493 e. The summed E-state index contributed by atoms with van der Waals surface area (Å²) >= 11 is 0. The van der Waals surface area contributed by atoms with Crippen molar-refractivity contribution in [2.24, 2.45) is 10.2 Å². The first kappa shape index (κ1) is 25.2. The van der Waals surface area contributed by atoms with Gasteiger partial charge in [0.1, 0.15) is 0 Å². The maximum Gasteiger partial charge on any atom is 0.240 e. The first-order valence-electron chi connectivity index (χ1n) is 10.1. The average Bonchev–Trinajstić information content (AvgIpc) is 2.83. The monoisotopic (exact) mass is 456 g/mol. The van der Waals surface area contributed by atoms with Gasteiger partial charge in [-0.1, -0.05) is 12.1 Å². The van der Waals surface area contributed by atoms with Gasteiger partial charge in [-0.05, 0) is 30.7 Å². The molecule has 0 fully saturated rings. The predicted molar refractivity (Wildman–Crippen MR) is 124 cm³/mol. The van der Waals surface area contributed by atoms with E-state index in [9.17, 15) is 9.59 Å². The SMILES string of the molecule is COc1cccc(/C=N\NC(=O)CCCC(=O)N/N=C/c2cccc(OC)c2OC)c1OC. The van der Waals surface area contributed by atoms with Crippen LogP contribution in [0.4, 0.5) is 0 Å². The second kappa shape index (κ2) is 13.4. The molecule has 2 aromatic rings. The number of carbonyl (C=O) groups excluding carboxylic acids is 2. The van der Waals surface area contributed by atoms with Gasteiger partial charge in [0.25, 0.3) is 0 Å². The second-order valence-corrected chi connectivity index (χ2v) is 6.61. The molecule has 0 aliphatic carbocycles. The Bertz CT molecular complexity index is 927. The third-order valence-corrected chi connectivity index (χ3v) is 4.46. The van der Waals surface area contributed by atoms with Gasteiger partial charge in [0, 0.05) is 24.0 Å². The average molecular weight is 456 g/mol. The molecule has 0 atom stereocenters. The molecule has 2 rings (SSSR count). The second-order valence-electron chi connectivity index (χ2n) is 6.61. The molecule has 2 aromatic carbocycles. The zero-order valence-electron chi connectivity index (χ0n) is 19.1. The molecule has 176 valence electrons. The highest BCUT2D eigenvalue weighted by Crippen LogP contribution is 2.30. The first-order valence-corrected chi connectivity index (χ1v) is 10.1. The summed E-state index contributed by atoms with van der Waals surface area (Å²) in [4.78, 5) is 23.9. The Balaban J connectivity index is 1.76. The third-order valence-electron chi connectivity index (χ3n) is 4.46. The van der Waals surface area contributed by atoms with Crippen molar-refractivity contribution < 1.29 is 28.5 Å². The Kier molecular flexibility index (Phi) is 10.2. The molecular weight excluding hydrogens is 428 g/mol. The molecule has 33 heavy (non-hydrogen) atoms. The minimum Gasteiger partial charge on any atom is -0.493 e. The van der Waals surface area contributed by atoms with Crippen molar-refractivity contribution in [2.45, 2.75) is 19.3 Å². The topological polar surface area (TPSA) is 120 Å². The van der Waals surface area contributed by atoms with Crippen LogP contribution in [0.2, 0.25) is 0 Å². The standard InChI is InChI=1S/C23H28N4O6/c1-30-18-10-5-8-16(22(18)32-3)14-24-26-20(28)12-7-13-21(29)27-25-15-17-9-6-11-19(31-2)23(17)33-4/h5-6,8-11,14-15H,7,12-13H2,1-4H3,(H,26,28)(H,27,29)/b24-14-,25-15+. The predicted octanol–water partition coefficient (Wildman–Crippen LogP) is 2.49. The maximum absolute atomic E-state index is 12.0. The molecule has 10 heteroatoms. The molecule has 0 saturated carbocycles. The number of para-hydroxylation sites is 2. The normalized spacial score (nSPS) is 10.8. The molecule has 0 aliphatic rings. The number of ether oxygens (including phenoxy) is 4. The van der Waals surface area contributed by atoms with Crippen molar-refractivity contribution in [1.29, 1.82) is 0 Å². The number of hydrogen-bond donors (Lipinski definition) is 2. The van der Waals surface area contributed by atoms with Crippen LogP contribution in [0.3, 0.4) is 0 Å². The van der Waals surface area contributed by atoms with Gasteiger partial charge in [-0.15, -0.1) is 0 Å². The van der Waals surface area contributed by atoms with E-state index < -0.39 is 0 Å². The molecule has 10 nitrogen and oxygen atoms in total. The summed E-state index contributed by atoms with van der Waals surface area (Å²) in [7, 11) is 6.13. The van der Waals surface area contributed by atoms with Crippen LogP contribution in [0.15, 0.2) is 46.6 Å². The number of amides is 2. The maximum atomic E-state index is 12.0. The van der Waals surface area contributed by atoms with E-state index in [0.717, 1.165) is 0 Å². The van der Waals surface area contributed by atoms with E-state index in [1.165, 1.54) is 40.9 Å². The number of carbonyl (C=O) groups is 2. The minimum absolute atomic E-state index is 0.132. The van der Waals surface area contributed by atoms with Crippen molar-refractivity contribution in [3.05, 3.63) is 47.5 Å². The highest BCUT2D eigenvalue weighted by molar-refractivity contribution is 5.87. The van der Waals surface area contributed by atoms with Gasteiger partial charge < -0.3 is 18.9 Å². The Morgan fingerprint density at radius 1 is 0.727 bits per heavy atom. The fourth-order valence-corrected chi connectivity index (χ4v) is 2.90. The zero-order valence-corrected chi connectivity index (χ0v) is 19.1. The van der Waals surface area contributed by atoms with Gasteiger partial charge in [-0.2, -0.15) is 10.2 Å². The summed E-state index contributed by atoms with van der Waals surface area (Å²) in [5, 5.41) is 7.86. The van der Waals surface area contributed by atoms with Gasteiger partial charge >= 0.3 is 0 Å². The molecule has 0 saturated heterocycles. The van der Waals surface area contributed by atoms with E-state index in [1.54, 1.807) is 36.4 Å². The smallest absolute Gasteiger partial charge is 0.240 e. The van der Waals surface area contributed by atoms with Crippen LogP contribution in [-0.2, 0) is 9.59 Å². The number of nitrogens with zero attached hydrogens (tertiary/aromatic N) is 2. The van der Waals surface area contributed by atoms with E-state index in [-0.39, 0.29) is 24.7 Å². The Morgan fingerprint density at radius 2 is 1.15 bits per heavy atom. The third kappa shape index (κ3) is 7.53. The van der Waals surface area contributed by atoms with Crippen LogP contribution < -0.4 is 29.8 Å². The van der Waals surface area contributed by atoms with E-state index in [1.807, 2.05) is 0 Å². The summed E-state index contributed by atoms with van der Waals surface area (Å²) in [6.07, 6.45) is 3.54. The van der Waals surface area contributed by atoms with Gasteiger partial charge in [-0.25, -0.2) is 10.9 Å². The lowest BCUT2D eigenvalue weighted by Crippen LogP contribution is -2.20. The highest BCUT2D eigenvalue weighted by atomic mass is 16.5. The van der Waals surface area contributed by atoms with Crippen LogP contribution in [0.5, 0.6) is 23.0 Å². The fourth-order valence-electron chi connectivity index (χ4n) is 2.90. The molecule has 2 amide bonds. The number of rotatable bonds is 12. The number of nitrogens with one attached hydrogen (secondary N) is 2. The van der Waals surface area contributed by atoms with Crippen LogP contribution in [-0.4, -0.2) is 52.7 Å². The van der Waals surface area contributed by atoms with Crippen LogP contribution in [0.25, 0.3) is 0 Å². The van der Waals surface area contributed by atoms with Crippen molar-refractivity contribution in [2.75, 3.05) is 28.4 Å². The van der Waals surface area contributed by atoms with Gasteiger partial charge in [0.2, 0.25) is 11.8 Å². The van der Waals surface area contributed by atoms with Crippen LogP contribution in [0, 0.1) is 0 Å². The summed E-state index contributed by atoms with van der Waals surface area (Å²) in [6, 6.07) is 10.7. The van der Waals surface area contributed by atoms with Crippen molar-refractivity contribution >= 4 is 24.2 Å². The quantitative estimate of drug-likeness (QED) is 0.374. The zero-order chi connectivity index (χ0) is 24.1. The number of hydrazone groups is 2. The molecule has 0 heterocycles. The summed E-state index contributed by atoms with van der Waals surface area (Å²) < 4.78 is 21.0. The van der Waals surface area contributed by atoms with Crippen molar-refractivity contribution in [3.63, 3.8) is 0 Å². The summed E-state index contributed by atoms with van der Waals surface area (Å²) in [5.74, 6) is 1.53. The van der Waals surface area contributed by atoms with Crippen molar-refractivity contribution in [3.8, 4) is 23.0 Å². The molecule has 0 radical (unpaired) electrons. The van der Waals surface area contributed by atoms with Crippen LogP contribution >= 0.6 is 0 Å². The van der Waals surface area contributed by atoms with E-state index in [2.05, 4.69) is 21.1 Å². The molecule has 0 bridgehead atoms. The fraction of sp³-hybridized carbons (Fsp3) is 0.304. The van der Waals surface area contributed by atoms with E-state index in [0.29, 0.717) is 40.5 Å².